The topological polar surface area (TPSA) is 54.9 Å². The van der Waals surface area contributed by atoms with Gasteiger partial charge in [-0.15, -0.1) is 0 Å². The van der Waals surface area contributed by atoms with Crippen LogP contribution in [-0.2, 0) is 0 Å². The van der Waals surface area contributed by atoms with E-state index >= 15 is 0 Å². The zero-order valence-electron chi connectivity index (χ0n) is 11.0. The van der Waals surface area contributed by atoms with E-state index in [4.69, 9.17) is 11.6 Å². The van der Waals surface area contributed by atoms with Gasteiger partial charge in [-0.2, -0.15) is 0 Å². The molecule has 19 heavy (non-hydrogen) atoms. The second-order valence-electron chi connectivity index (χ2n) is 4.36. The second kappa shape index (κ2) is 5.36. The van der Waals surface area contributed by atoms with Crippen molar-refractivity contribution < 1.29 is 4.79 Å². The summed E-state index contributed by atoms with van der Waals surface area (Å²) in [5, 5.41) is 3.46. The Morgan fingerprint density at radius 3 is 2.53 bits per heavy atom. The van der Waals surface area contributed by atoms with Crippen molar-refractivity contribution in [2.45, 2.75) is 20.8 Å². The molecule has 4 nitrogen and oxygen atoms in total. The predicted molar refractivity (Wildman–Crippen MR) is 75.6 cm³/mol. The average molecular weight is 276 g/mol. The number of carbonyl (C=O) groups is 1. The molecule has 0 aliphatic rings. The highest BCUT2D eigenvalue weighted by Gasteiger charge is 2.10. The average Bonchev–Trinajstić information content (AvgIpc) is 2.31. The van der Waals surface area contributed by atoms with E-state index in [0.717, 1.165) is 16.9 Å². The summed E-state index contributed by atoms with van der Waals surface area (Å²) in [6.45, 7) is 5.48. The number of halogens is 1. The molecule has 0 bridgehead atoms. The van der Waals surface area contributed by atoms with Crippen LogP contribution in [0.1, 0.15) is 27.6 Å². The third-order valence-corrected chi connectivity index (χ3v) is 2.87. The van der Waals surface area contributed by atoms with E-state index in [9.17, 15) is 4.79 Å². The Kier molecular flexibility index (Phi) is 3.81. The number of hydrogen-bond donors (Lipinski definition) is 1. The van der Waals surface area contributed by atoms with E-state index < -0.39 is 0 Å². The van der Waals surface area contributed by atoms with Crippen LogP contribution in [0.4, 0.5) is 5.69 Å². The molecular weight excluding hydrogens is 262 g/mol. The lowest BCUT2D eigenvalue weighted by Crippen LogP contribution is -2.15. The van der Waals surface area contributed by atoms with Gasteiger partial charge >= 0.3 is 0 Å². The van der Waals surface area contributed by atoms with Crippen molar-refractivity contribution in [2.75, 3.05) is 5.32 Å². The third kappa shape index (κ3) is 3.29. The maximum absolute atomic E-state index is 12.1. The number of benzene rings is 1. The van der Waals surface area contributed by atoms with Crippen LogP contribution in [-0.4, -0.2) is 15.9 Å². The minimum Gasteiger partial charge on any atom is -0.320 e. The Bertz CT molecular complexity index is 620. The van der Waals surface area contributed by atoms with Gasteiger partial charge in [0.25, 0.3) is 5.91 Å². The van der Waals surface area contributed by atoms with E-state index in [1.165, 1.54) is 0 Å². The maximum Gasteiger partial charge on any atom is 0.274 e. The molecule has 0 radical (unpaired) electrons. The van der Waals surface area contributed by atoms with Gasteiger partial charge in [-0.25, -0.2) is 9.97 Å². The van der Waals surface area contributed by atoms with E-state index in [1.54, 1.807) is 31.2 Å². The first-order valence-corrected chi connectivity index (χ1v) is 6.23. The van der Waals surface area contributed by atoms with Gasteiger partial charge in [0.05, 0.1) is 0 Å². The molecule has 0 aliphatic heterocycles. The molecule has 1 aromatic carbocycles. The molecule has 0 saturated carbocycles. The summed E-state index contributed by atoms with van der Waals surface area (Å²) in [7, 11) is 0. The van der Waals surface area contributed by atoms with Crippen LogP contribution >= 0.6 is 11.6 Å². The molecule has 98 valence electrons. The molecule has 0 aliphatic carbocycles. The van der Waals surface area contributed by atoms with Crippen LogP contribution in [0.5, 0.6) is 0 Å². The summed E-state index contributed by atoms with van der Waals surface area (Å²) >= 11 is 5.88. The lowest BCUT2D eigenvalue weighted by Gasteiger charge is -2.09. The van der Waals surface area contributed by atoms with Crippen molar-refractivity contribution in [2.24, 2.45) is 0 Å². The van der Waals surface area contributed by atoms with Crippen molar-refractivity contribution in [3.05, 3.63) is 52.1 Å². The summed E-state index contributed by atoms with van der Waals surface area (Å²) in [6.07, 6.45) is 0. The molecule has 1 heterocycles. The Labute approximate surface area is 116 Å². The van der Waals surface area contributed by atoms with Gasteiger partial charge in [-0.3, -0.25) is 4.79 Å². The normalized spacial score (nSPS) is 10.3. The number of nitrogens with one attached hydrogen (secondary N) is 1. The third-order valence-electron chi connectivity index (χ3n) is 2.64. The molecule has 2 aromatic rings. The molecule has 1 amide bonds. The smallest absolute Gasteiger partial charge is 0.274 e. The molecule has 0 saturated heterocycles. The Morgan fingerprint density at radius 2 is 1.89 bits per heavy atom. The number of rotatable bonds is 2. The fraction of sp³-hybridized carbons (Fsp3) is 0.214. The minimum absolute atomic E-state index is 0.251. The fourth-order valence-corrected chi connectivity index (χ4v) is 2.01. The predicted octanol–water partition coefficient (Wildman–Crippen LogP) is 3.31. The molecule has 0 spiro atoms. The fourth-order valence-electron chi connectivity index (χ4n) is 1.79. The van der Waals surface area contributed by atoms with Gasteiger partial charge < -0.3 is 5.32 Å². The lowest BCUT2D eigenvalue weighted by molar-refractivity contribution is 0.102. The number of amides is 1. The summed E-state index contributed by atoms with van der Waals surface area (Å²) in [5.41, 5.74) is 2.76. The van der Waals surface area contributed by atoms with Gasteiger partial charge in [-0.1, -0.05) is 11.6 Å². The van der Waals surface area contributed by atoms with Gasteiger partial charge in [-0.05, 0) is 50.6 Å². The number of anilines is 1. The summed E-state index contributed by atoms with van der Waals surface area (Å²) in [4.78, 5) is 20.4. The number of nitrogens with zero attached hydrogens (tertiary/aromatic N) is 2. The van der Waals surface area contributed by atoms with Crippen molar-refractivity contribution in [1.29, 1.82) is 0 Å². The Balaban J connectivity index is 2.25. The highest BCUT2D eigenvalue weighted by Crippen LogP contribution is 2.20. The number of aryl methyl sites for hydroxylation is 3. The molecule has 0 atom stereocenters. The molecule has 1 N–H and O–H groups in total. The standard InChI is InChI=1S/C14H14ClN3O/c1-8-6-11(15)4-5-12(8)18-14(19)13-7-9(2)16-10(3)17-13/h4-7H,1-3H3,(H,18,19). The highest BCUT2D eigenvalue weighted by molar-refractivity contribution is 6.30. The van der Waals surface area contributed by atoms with E-state index in [0.29, 0.717) is 16.5 Å². The SMILES string of the molecule is Cc1cc(C(=O)Nc2ccc(Cl)cc2C)nc(C)n1. The molecule has 1 aromatic heterocycles. The minimum atomic E-state index is -0.251. The van der Waals surface area contributed by atoms with E-state index in [2.05, 4.69) is 15.3 Å². The van der Waals surface area contributed by atoms with Gasteiger partial charge in [0.1, 0.15) is 11.5 Å². The van der Waals surface area contributed by atoms with Crippen LogP contribution in [0.15, 0.2) is 24.3 Å². The lowest BCUT2D eigenvalue weighted by atomic mass is 10.2. The van der Waals surface area contributed by atoms with Gasteiger partial charge in [0.2, 0.25) is 0 Å². The Morgan fingerprint density at radius 1 is 1.16 bits per heavy atom. The first kappa shape index (κ1) is 13.5. The zero-order chi connectivity index (χ0) is 14.0. The van der Waals surface area contributed by atoms with Crippen LogP contribution in [0.2, 0.25) is 5.02 Å². The highest BCUT2D eigenvalue weighted by atomic mass is 35.5. The van der Waals surface area contributed by atoms with Gasteiger partial charge in [0.15, 0.2) is 0 Å². The monoisotopic (exact) mass is 275 g/mol. The van der Waals surface area contributed by atoms with Crippen LogP contribution < -0.4 is 5.32 Å². The zero-order valence-corrected chi connectivity index (χ0v) is 11.7. The van der Waals surface area contributed by atoms with Crippen LogP contribution in [0, 0.1) is 20.8 Å². The van der Waals surface area contributed by atoms with E-state index in [-0.39, 0.29) is 5.91 Å². The van der Waals surface area contributed by atoms with Crippen LogP contribution in [0.25, 0.3) is 0 Å². The molecular formula is C14H14ClN3O. The number of carbonyl (C=O) groups excluding carboxylic acids is 1. The second-order valence-corrected chi connectivity index (χ2v) is 4.79. The van der Waals surface area contributed by atoms with Gasteiger partial charge in [0, 0.05) is 16.4 Å². The first-order valence-electron chi connectivity index (χ1n) is 5.85. The van der Waals surface area contributed by atoms with Crippen molar-refractivity contribution >= 4 is 23.2 Å². The molecule has 2 rings (SSSR count). The van der Waals surface area contributed by atoms with Crippen molar-refractivity contribution in [3.8, 4) is 0 Å². The number of hydrogen-bond acceptors (Lipinski definition) is 3. The molecule has 0 fully saturated rings. The largest absolute Gasteiger partial charge is 0.320 e. The number of aromatic nitrogens is 2. The molecule has 0 unspecified atom stereocenters. The van der Waals surface area contributed by atoms with Crippen molar-refractivity contribution in [3.63, 3.8) is 0 Å². The summed E-state index contributed by atoms with van der Waals surface area (Å²) in [5.74, 6) is 0.331. The summed E-state index contributed by atoms with van der Waals surface area (Å²) < 4.78 is 0. The quantitative estimate of drug-likeness (QED) is 0.915. The maximum atomic E-state index is 12.1. The summed E-state index contributed by atoms with van der Waals surface area (Å²) in [6, 6.07) is 6.97. The first-order chi connectivity index (χ1) is 8.95. The van der Waals surface area contributed by atoms with E-state index in [1.807, 2.05) is 13.8 Å². The molecule has 5 heteroatoms. The van der Waals surface area contributed by atoms with Crippen LogP contribution in [0.3, 0.4) is 0 Å². The van der Waals surface area contributed by atoms with Crippen molar-refractivity contribution in [1.82, 2.24) is 9.97 Å². The Hall–Kier alpha value is -1.94.